The largest absolute Gasteiger partial charge is 0.494 e. The van der Waals surface area contributed by atoms with Gasteiger partial charge in [0.1, 0.15) is 5.75 Å². The minimum atomic E-state index is 0.0655. The summed E-state index contributed by atoms with van der Waals surface area (Å²) in [6, 6.07) is 11.4. The van der Waals surface area contributed by atoms with Gasteiger partial charge in [-0.25, -0.2) is 0 Å². The smallest absolute Gasteiger partial charge is 0.200 e. The molecule has 2 aromatic heterocycles. The molecule has 1 aliphatic carbocycles. The molecule has 0 bridgehead atoms. The van der Waals surface area contributed by atoms with E-state index in [2.05, 4.69) is 14.8 Å². The van der Waals surface area contributed by atoms with Gasteiger partial charge in [-0.2, -0.15) is 0 Å². The minimum Gasteiger partial charge on any atom is -0.494 e. The first-order valence-electron chi connectivity index (χ1n) is 10.1. The summed E-state index contributed by atoms with van der Waals surface area (Å²) in [5, 5.41) is 9.56. The molecule has 1 saturated carbocycles. The molecule has 0 atom stereocenters. The number of ketones is 1. The fourth-order valence-corrected chi connectivity index (χ4v) is 4.63. The van der Waals surface area contributed by atoms with E-state index in [1.807, 2.05) is 43.3 Å². The Balaban J connectivity index is 1.51. The molecule has 1 fully saturated rings. The monoisotopic (exact) mass is 411 g/mol. The van der Waals surface area contributed by atoms with E-state index in [-0.39, 0.29) is 5.78 Å². The van der Waals surface area contributed by atoms with E-state index in [0.29, 0.717) is 29.7 Å². The van der Waals surface area contributed by atoms with Gasteiger partial charge in [0, 0.05) is 11.6 Å². The number of furan rings is 1. The molecule has 1 aliphatic rings. The number of benzene rings is 1. The number of carbonyl (C=O) groups is 1. The predicted octanol–water partition coefficient (Wildman–Crippen LogP) is 5.42. The fraction of sp³-hybridized carbons (Fsp3) is 0.409. The molecular weight excluding hydrogens is 386 g/mol. The van der Waals surface area contributed by atoms with Gasteiger partial charge in [0.05, 0.1) is 18.6 Å². The van der Waals surface area contributed by atoms with Crippen molar-refractivity contribution < 1.29 is 13.9 Å². The Morgan fingerprint density at radius 2 is 1.97 bits per heavy atom. The number of rotatable bonds is 8. The van der Waals surface area contributed by atoms with Gasteiger partial charge in [-0.05, 0) is 56.2 Å². The molecule has 3 aromatic rings. The van der Waals surface area contributed by atoms with Crippen LogP contribution < -0.4 is 4.74 Å². The van der Waals surface area contributed by atoms with Crippen LogP contribution in [0.4, 0.5) is 0 Å². The van der Waals surface area contributed by atoms with E-state index in [9.17, 15) is 4.79 Å². The molecule has 0 saturated heterocycles. The maximum atomic E-state index is 12.7. The molecule has 0 N–H and O–H groups in total. The molecule has 6 nitrogen and oxygen atoms in total. The van der Waals surface area contributed by atoms with Crippen molar-refractivity contribution in [2.45, 2.75) is 50.2 Å². The molecule has 1 aromatic carbocycles. The molecule has 7 heteroatoms. The first-order valence-corrected chi connectivity index (χ1v) is 11.1. The summed E-state index contributed by atoms with van der Waals surface area (Å²) in [5.41, 5.74) is 0.677. The summed E-state index contributed by atoms with van der Waals surface area (Å²) >= 11 is 1.44. The van der Waals surface area contributed by atoms with Gasteiger partial charge in [-0.3, -0.25) is 9.36 Å². The topological polar surface area (TPSA) is 70.2 Å². The van der Waals surface area contributed by atoms with Gasteiger partial charge >= 0.3 is 0 Å². The zero-order chi connectivity index (χ0) is 20.1. The molecule has 0 spiro atoms. The average Bonchev–Trinajstić information content (AvgIpc) is 3.43. The third kappa shape index (κ3) is 4.56. The number of thioether (sulfide) groups is 1. The number of aromatic nitrogens is 3. The van der Waals surface area contributed by atoms with Gasteiger partial charge in [0.15, 0.2) is 16.7 Å². The Bertz CT molecular complexity index is 929. The van der Waals surface area contributed by atoms with Gasteiger partial charge in [0.2, 0.25) is 5.82 Å². The standard InChI is InChI=1S/C22H25N3O3S/c1-2-27-18-12-10-16(11-13-18)19(26)15-29-22-24-23-21(20-9-6-14-28-20)25(22)17-7-4-3-5-8-17/h6,9-14,17H,2-5,7-8,15H2,1H3. The molecular formula is C22H25N3O3S. The van der Waals surface area contributed by atoms with Crippen molar-refractivity contribution in [2.24, 2.45) is 0 Å². The third-order valence-electron chi connectivity index (χ3n) is 5.17. The van der Waals surface area contributed by atoms with Crippen LogP contribution in [0, 0.1) is 0 Å². The summed E-state index contributed by atoms with van der Waals surface area (Å²) in [4.78, 5) is 12.7. The van der Waals surface area contributed by atoms with Crippen molar-refractivity contribution in [1.29, 1.82) is 0 Å². The third-order valence-corrected chi connectivity index (χ3v) is 6.11. The lowest BCUT2D eigenvalue weighted by atomic mass is 9.95. The van der Waals surface area contributed by atoms with Gasteiger partial charge in [0.25, 0.3) is 0 Å². The summed E-state index contributed by atoms with van der Waals surface area (Å²) in [5.74, 6) is 2.62. The number of nitrogens with zero attached hydrogens (tertiary/aromatic N) is 3. The van der Waals surface area contributed by atoms with E-state index in [4.69, 9.17) is 9.15 Å². The summed E-state index contributed by atoms with van der Waals surface area (Å²) in [6.45, 7) is 2.55. The van der Waals surface area contributed by atoms with Crippen molar-refractivity contribution in [1.82, 2.24) is 14.8 Å². The van der Waals surface area contributed by atoms with Gasteiger partial charge in [-0.1, -0.05) is 31.0 Å². The zero-order valence-electron chi connectivity index (χ0n) is 16.5. The van der Waals surface area contributed by atoms with Crippen LogP contribution in [-0.4, -0.2) is 32.9 Å². The van der Waals surface area contributed by atoms with Crippen LogP contribution in [-0.2, 0) is 0 Å². The summed E-state index contributed by atoms with van der Waals surface area (Å²) in [7, 11) is 0. The van der Waals surface area contributed by atoms with Gasteiger partial charge in [-0.15, -0.1) is 10.2 Å². The number of carbonyl (C=O) groups excluding carboxylic acids is 1. The lowest BCUT2D eigenvalue weighted by Crippen LogP contribution is -2.15. The molecule has 29 heavy (non-hydrogen) atoms. The highest BCUT2D eigenvalue weighted by Crippen LogP contribution is 2.35. The molecule has 4 rings (SSSR count). The van der Waals surface area contributed by atoms with Crippen LogP contribution in [0.3, 0.4) is 0 Å². The van der Waals surface area contributed by atoms with Crippen LogP contribution in [0.15, 0.2) is 52.2 Å². The van der Waals surface area contributed by atoms with Crippen LogP contribution in [0.5, 0.6) is 5.75 Å². The summed E-state index contributed by atoms with van der Waals surface area (Å²) in [6.07, 6.45) is 7.54. The van der Waals surface area contributed by atoms with Gasteiger partial charge < -0.3 is 9.15 Å². The highest BCUT2D eigenvalue weighted by atomic mass is 32.2. The van der Waals surface area contributed by atoms with Crippen LogP contribution in [0.25, 0.3) is 11.6 Å². The Hall–Kier alpha value is -2.54. The lowest BCUT2D eigenvalue weighted by Gasteiger charge is -2.25. The molecule has 0 radical (unpaired) electrons. The Labute approximate surface area is 174 Å². The van der Waals surface area contributed by atoms with Crippen LogP contribution in [0.1, 0.15) is 55.4 Å². The van der Waals surface area contributed by atoms with E-state index in [0.717, 1.165) is 29.6 Å². The van der Waals surface area contributed by atoms with E-state index >= 15 is 0 Å². The van der Waals surface area contributed by atoms with Crippen molar-refractivity contribution >= 4 is 17.5 Å². The van der Waals surface area contributed by atoms with Crippen LogP contribution >= 0.6 is 11.8 Å². The Morgan fingerprint density at radius 1 is 1.17 bits per heavy atom. The maximum Gasteiger partial charge on any atom is 0.200 e. The SMILES string of the molecule is CCOc1ccc(C(=O)CSc2nnc(-c3ccco3)n2C2CCCCC2)cc1. The molecule has 0 amide bonds. The highest BCUT2D eigenvalue weighted by molar-refractivity contribution is 7.99. The number of hydrogen-bond donors (Lipinski definition) is 0. The highest BCUT2D eigenvalue weighted by Gasteiger charge is 2.25. The normalized spacial score (nSPS) is 14.8. The zero-order valence-corrected chi connectivity index (χ0v) is 17.4. The van der Waals surface area contributed by atoms with Crippen molar-refractivity contribution in [3.8, 4) is 17.3 Å². The average molecular weight is 412 g/mol. The van der Waals surface area contributed by atoms with E-state index in [1.54, 1.807) is 6.26 Å². The summed E-state index contributed by atoms with van der Waals surface area (Å²) < 4.78 is 13.2. The maximum absolute atomic E-state index is 12.7. The predicted molar refractivity (Wildman–Crippen MR) is 113 cm³/mol. The second kappa shape index (κ2) is 9.31. The van der Waals surface area contributed by atoms with Crippen molar-refractivity contribution in [2.75, 3.05) is 12.4 Å². The molecule has 0 unspecified atom stereocenters. The first-order chi connectivity index (χ1) is 14.3. The van der Waals surface area contributed by atoms with E-state index < -0.39 is 0 Å². The second-order valence-electron chi connectivity index (χ2n) is 7.11. The van der Waals surface area contributed by atoms with Crippen LogP contribution in [0.2, 0.25) is 0 Å². The minimum absolute atomic E-state index is 0.0655. The van der Waals surface area contributed by atoms with E-state index in [1.165, 1.54) is 31.0 Å². The Morgan fingerprint density at radius 3 is 2.66 bits per heavy atom. The Kier molecular flexibility index (Phi) is 6.34. The first kappa shape index (κ1) is 19.8. The molecule has 152 valence electrons. The quantitative estimate of drug-likeness (QED) is 0.364. The second-order valence-corrected chi connectivity index (χ2v) is 8.06. The van der Waals surface area contributed by atoms with Crippen molar-refractivity contribution in [3.05, 3.63) is 48.2 Å². The molecule has 2 heterocycles. The fourth-order valence-electron chi connectivity index (χ4n) is 3.73. The number of Topliss-reactive ketones (excluding diaryl/α,β-unsaturated/α-hetero) is 1. The van der Waals surface area contributed by atoms with Crippen molar-refractivity contribution in [3.63, 3.8) is 0 Å². The number of ether oxygens (including phenoxy) is 1. The lowest BCUT2D eigenvalue weighted by molar-refractivity contribution is 0.102. The number of hydrogen-bond acceptors (Lipinski definition) is 6. The molecule has 0 aliphatic heterocycles.